The van der Waals surface area contributed by atoms with E-state index in [1.807, 2.05) is 12.1 Å². The van der Waals surface area contributed by atoms with Crippen LogP contribution in [0.3, 0.4) is 0 Å². The summed E-state index contributed by atoms with van der Waals surface area (Å²) in [5.41, 5.74) is 1.12. The summed E-state index contributed by atoms with van der Waals surface area (Å²) in [6.07, 6.45) is 0. The second-order valence-corrected chi connectivity index (χ2v) is 3.73. The Morgan fingerprint density at radius 1 is 1.27 bits per heavy atom. The summed E-state index contributed by atoms with van der Waals surface area (Å²) in [5, 5.41) is 4.41. The number of halogens is 3. The van der Waals surface area contributed by atoms with Crippen molar-refractivity contribution in [1.29, 1.82) is 0 Å². The Labute approximate surface area is 106 Å². The lowest BCUT2D eigenvalue weighted by Gasteiger charge is -2.05. The Balaban J connectivity index is 0.00000196. The number of methoxy groups -OCH3 is 1. The van der Waals surface area contributed by atoms with Crippen LogP contribution in [0, 0.1) is 0 Å². The molecule has 0 unspecified atom stereocenters. The fourth-order valence-electron chi connectivity index (χ4n) is 1.06. The average Bonchev–Trinajstić information content (AvgIpc) is 2.18. The highest BCUT2D eigenvalue weighted by molar-refractivity contribution is 6.42. The third-order valence-electron chi connectivity index (χ3n) is 1.80. The lowest BCUT2D eigenvalue weighted by Crippen LogP contribution is -3.00. The van der Waals surface area contributed by atoms with Gasteiger partial charge in [-0.05, 0) is 17.7 Å². The van der Waals surface area contributed by atoms with Crippen molar-refractivity contribution in [1.82, 2.24) is 5.32 Å². The van der Waals surface area contributed by atoms with Crippen LogP contribution in [0.1, 0.15) is 5.56 Å². The van der Waals surface area contributed by atoms with Crippen molar-refractivity contribution in [2.75, 3.05) is 20.3 Å². The molecule has 0 aliphatic heterocycles. The van der Waals surface area contributed by atoms with Crippen LogP contribution in [-0.2, 0) is 11.3 Å². The molecule has 0 heterocycles. The molecular weight excluding hydrogens is 256 g/mol. The zero-order valence-electron chi connectivity index (χ0n) is 8.40. The molecule has 1 aromatic rings. The monoisotopic (exact) mass is 268 g/mol. The first-order valence-electron chi connectivity index (χ1n) is 4.37. The molecule has 0 fully saturated rings. The van der Waals surface area contributed by atoms with E-state index in [0.717, 1.165) is 18.7 Å². The van der Waals surface area contributed by atoms with Crippen molar-refractivity contribution in [2.45, 2.75) is 6.54 Å². The molecule has 0 atom stereocenters. The molecule has 0 radical (unpaired) electrons. The second-order valence-electron chi connectivity index (χ2n) is 2.92. The van der Waals surface area contributed by atoms with Crippen LogP contribution >= 0.6 is 23.2 Å². The first-order chi connectivity index (χ1) is 6.74. The van der Waals surface area contributed by atoms with Gasteiger partial charge in [-0.3, -0.25) is 0 Å². The molecule has 1 aromatic carbocycles. The van der Waals surface area contributed by atoms with Crippen molar-refractivity contribution < 1.29 is 17.1 Å². The fourth-order valence-corrected chi connectivity index (χ4v) is 1.38. The molecular formula is C10H13Cl3NO-. The van der Waals surface area contributed by atoms with Crippen LogP contribution in [0.4, 0.5) is 0 Å². The molecule has 86 valence electrons. The molecule has 0 aliphatic carbocycles. The summed E-state index contributed by atoms with van der Waals surface area (Å²) in [4.78, 5) is 0. The molecule has 0 saturated carbocycles. The molecule has 0 bridgehead atoms. The van der Waals surface area contributed by atoms with Crippen LogP contribution in [0.25, 0.3) is 0 Å². The van der Waals surface area contributed by atoms with Gasteiger partial charge in [-0.15, -0.1) is 0 Å². The normalized spacial score (nSPS) is 9.80. The van der Waals surface area contributed by atoms with Crippen molar-refractivity contribution in [3.8, 4) is 0 Å². The number of rotatable bonds is 5. The Morgan fingerprint density at radius 3 is 2.60 bits per heavy atom. The van der Waals surface area contributed by atoms with Crippen molar-refractivity contribution in [3.63, 3.8) is 0 Å². The van der Waals surface area contributed by atoms with Gasteiger partial charge in [-0.2, -0.15) is 0 Å². The lowest BCUT2D eigenvalue weighted by atomic mass is 10.2. The molecule has 1 N–H and O–H groups in total. The van der Waals surface area contributed by atoms with Gasteiger partial charge < -0.3 is 22.5 Å². The maximum atomic E-state index is 5.87. The van der Waals surface area contributed by atoms with Crippen LogP contribution in [0.15, 0.2) is 18.2 Å². The van der Waals surface area contributed by atoms with Crippen LogP contribution < -0.4 is 17.7 Å². The molecule has 0 aromatic heterocycles. The Kier molecular flexibility index (Phi) is 8.20. The number of ether oxygens (including phenoxy) is 1. The number of nitrogens with one attached hydrogen (secondary N) is 1. The van der Waals surface area contributed by atoms with Crippen LogP contribution in [0.2, 0.25) is 10.0 Å². The first-order valence-corrected chi connectivity index (χ1v) is 5.13. The van der Waals surface area contributed by atoms with Gasteiger partial charge in [0, 0.05) is 20.2 Å². The number of hydrogen-bond donors (Lipinski definition) is 1. The quantitative estimate of drug-likeness (QED) is 0.744. The molecule has 15 heavy (non-hydrogen) atoms. The van der Waals surface area contributed by atoms with Gasteiger partial charge in [0.2, 0.25) is 0 Å². The summed E-state index contributed by atoms with van der Waals surface area (Å²) < 4.78 is 4.91. The van der Waals surface area contributed by atoms with E-state index in [1.54, 1.807) is 13.2 Å². The molecule has 0 aliphatic rings. The topological polar surface area (TPSA) is 21.3 Å². The standard InChI is InChI=1S/C10H13Cl2NO.ClH/c1-14-5-4-13-7-8-2-3-9(11)10(12)6-8;/h2-3,6,13H,4-5,7H2,1H3;1H/p-1. The third-order valence-corrected chi connectivity index (χ3v) is 2.54. The SMILES string of the molecule is COCCNCc1ccc(Cl)c(Cl)c1.[Cl-]. The smallest absolute Gasteiger partial charge is 0.0595 e. The van der Waals surface area contributed by atoms with E-state index in [-0.39, 0.29) is 12.4 Å². The minimum Gasteiger partial charge on any atom is -1.00 e. The summed E-state index contributed by atoms with van der Waals surface area (Å²) in [7, 11) is 1.68. The van der Waals surface area contributed by atoms with E-state index in [4.69, 9.17) is 27.9 Å². The van der Waals surface area contributed by atoms with Gasteiger partial charge in [-0.1, -0.05) is 29.3 Å². The van der Waals surface area contributed by atoms with Gasteiger partial charge >= 0.3 is 0 Å². The summed E-state index contributed by atoms with van der Waals surface area (Å²) in [6.45, 7) is 2.32. The third kappa shape index (κ3) is 5.59. The summed E-state index contributed by atoms with van der Waals surface area (Å²) in [6, 6.07) is 5.62. The number of benzene rings is 1. The zero-order valence-corrected chi connectivity index (χ0v) is 10.7. The highest BCUT2D eigenvalue weighted by Gasteiger charge is 1.98. The summed E-state index contributed by atoms with van der Waals surface area (Å²) >= 11 is 11.7. The minimum absolute atomic E-state index is 0. The van der Waals surface area contributed by atoms with Crippen LogP contribution in [0.5, 0.6) is 0 Å². The lowest BCUT2D eigenvalue weighted by molar-refractivity contribution is -0.00000309. The highest BCUT2D eigenvalue weighted by atomic mass is 35.5. The van der Waals surface area contributed by atoms with Gasteiger partial charge in [-0.25, -0.2) is 0 Å². The second kappa shape index (κ2) is 8.20. The fraction of sp³-hybridized carbons (Fsp3) is 0.400. The Hall–Kier alpha value is 0.01000. The van der Waals surface area contributed by atoms with E-state index in [9.17, 15) is 0 Å². The molecule has 0 saturated heterocycles. The van der Waals surface area contributed by atoms with Gasteiger partial charge in [0.1, 0.15) is 0 Å². The Morgan fingerprint density at radius 2 is 2.00 bits per heavy atom. The van der Waals surface area contributed by atoms with Gasteiger partial charge in [0.15, 0.2) is 0 Å². The molecule has 5 heteroatoms. The van der Waals surface area contributed by atoms with E-state index in [1.165, 1.54) is 0 Å². The van der Waals surface area contributed by atoms with E-state index >= 15 is 0 Å². The molecule has 1 rings (SSSR count). The number of hydrogen-bond acceptors (Lipinski definition) is 2. The highest BCUT2D eigenvalue weighted by Crippen LogP contribution is 2.22. The predicted molar refractivity (Wildman–Crippen MR) is 60.0 cm³/mol. The minimum atomic E-state index is 0. The van der Waals surface area contributed by atoms with Crippen molar-refractivity contribution >= 4 is 23.2 Å². The molecule has 2 nitrogen and oxygen atoms in total. The van der Waals surface area contributed by atoms with Crippen molar-refractivity contribution in [3.05, 3.63) is 33.8 Å². The maximum absolute atomic E-state index is 5.87. The van der Waals surface area contributed by atoms with Gasteiger partial charge in [0.05, 0.1) is 16.7 Å². The predicted octanol–water partition coefficient (Wildman–Crippen LogP) is -0.267. The maximum Gasteiger partial charge on any atom is 0.0595 e. The largest absolute Gasteiger partial charge is 1.00 e. The Bertz CT molecular complexity index is 294. The van der Waals surface area contributed by atoms with E-state index in [2.05, 4.69) is 5.32 Å². The molecule has 0 amide bonds. The molecule has 0 spiro atoms. The van der Waals surface area contributed by atoms with E-state index in [0.29, 0.717) is 16.7 Å². The van der Waals surface area contributed by atoms with Gasteiger partial charge in [0.25, 0.3) is 0 Å². The van der Waals surface area contributed by atoms with E-state index < -0.39 is 0 Å². The van der Waals surface area contributed by atoms with Crippen molar-refractivity contribution in [2.24, 2.45) is 0 Å². The van der Waals surface area contributed by atoms with Crippen LogP contribution in [-0.4, -0.2) is 20.3 Å². The first kappa shape index (κ1) is 15.0. The summed E-state index contributed by atoms with van der Waals surface area (Å²) in [5.74, 6) is 0. The zero-order chi connectivity index (χ0) is 10.4. The average molecular weight is 270 g/mol.